The van der Waals surface area contributed by atoms with Crippen LogP contribution < -0.4 is 16.0 Å². The molecule has 0 aliphatic rings. The molecule has 0 aliphatic carbocycles. The highest BCUT2D eigenvalue weighted by atomic mass is 16.5. The van der Waals surface area contributed by atoms with Crippen LogP contribution in [0.4, 0.5) is 0 Å². The molecule has 1 N–H and O–H groups in total. The molecule has 0 spiro atoms. The highest BCUT2D eigenvalue weighted by Crippen LogP contribution is 2.21. The molecule has 0 radical (unpaired) electrons. The Morgan fingerprint density at radius 3 is 2.41 bits per heavy atom. The summed E-state index contributed by atoms with van der Waals surface area (Å²) in [5.74, 6) is 0.570. The third-order valence-corrected chi connectivity index (χ3v) is 3.19. The Kier molecular flexibility index (Phi) is 3.87. The fourth-order valence-corrected chi connectivity index (χ4v) is 2.12. The zero-order valence-corrected chi connectivity index (χ0v) is 11.7. The van der Waals surface area contributed by atoms with E-state index >= 15 is 0 Å². The van der Waals surface area contributed by atoms with Gasteiger partial charge in [-0.25, -0.2) is 4.79 Å². The predicted molar refractivity (Wildman–Crippen MR) is 83.4 cm³/mol. The number of H-pyrrole nitrogens is 1. The van der Waals surface area contributed by atoms with Crippen LogP contribution >= 0.6 is 0 Å². The van der Waals surface area contributed by atoms with Crippen molar-refractivity contribution in [2.45, 2.75) is 6.61 Å². The Morgan fingerprint density at radius 1 is 0.909 bits per heavy atom. The zero-order valence-electron chi connectivity index (χ0n) is 11.7. The molecule has 110 valence electrons. The van der Waals surface area contributed by atoms with Gasteiger partial charge in [0.15, 0.2) is 0 Å². The molecule has 5 nitrogen and oxygen atoms in total. The van der Waals surface area contributed by atoms with Gasteiger partial charge in [0.2, 0.25) is 0 Å². The minimum absolute atomic E-state index is 0.399. The van der Waals surface area contributed by atoms with Crippen LogP contribution in [0.25, 0.3) is 5.69 Å². The lowest BCUT2D eigenvalue weighted by Gasteiger charge is -2.12. The van der Waals surface area contributed by atoms with Crippen LogP contribution in [0.15, 0.2) is 76.4 Å². The Balaban J connectivity index is 1.93. The van der Waals surface area contributed by atoms with Gasteiger partial charge in [-0.1, -0.05) is 42.5 Å². The first-order chi connectivity index (χ1) is 10.7. The van der Waals surface area contributed by atoms with E-state index in [2.05, 4.69) is 4.98 Å². The van der Waals surface area contributed by atoms with E-state index in [0.717, 1.165) is 5.56 Å². The quantitative estimate of drug-likeness (QED) is 0.801. The largest absolute Gasteiger partial charge is 0.487 e. The van der Waals surface area contributed by atoms with Crippen molar-refractivity contribution < 1.29 is 4.74 Å². The second-order valence-electron chi connectivity index (χ2n) is 4.72. The number of ether oxygens (including phenoxy) is 1. The molecule has 3 aromatic rings. The van der Waals surface area contributed by atoms with Crippen LogP contribution in [-0.4, -0.2) is 9.55 Å². The predicted octanol–water partition coefficient (Wildman–Crippen LogP) is 2.10. The second kappa shape index (κ2) is 6.13. The van der Waals surface area contributed by atoms with Crippen molar-refractivity contribution in [1.82, 2.24) is 9.55 Å². The van der Waals surface area contributed by atoms with Crippen molar-refractivity contribution in [2.75, 3.05) is 0 Å². The lowest BCUT2D eigenvalue weighted by Crippen LogP contribution is -2.27. The fourth-order valence-electron chi connectivity index (χ4n) is 2.12. The number of para-hydroxylation sites is 2. The summed E-state index contributed by atoms with van der Waals surface area (Å²) in [6.07, 6.45) is 1.44. The fraction of sp³-hybridized carbons (Fsp3) is 0.0588. The molecule has 2 aromatic carbocycles. The maximum Gasteiger partial charge on any atom is 0.333 e. The molecular formula is C17H14N2O3. The summed E-state index contributed by atoms with van der Waals surface area (Å²) in [5.41, 5.74) is 0.693. The molecule has 0 fully saturated rings. The number of rotatable bonds is 4. The number of aromatic nitrogens is 2. The van der Waals surface area contributed by atoms with Gasteiger partial charge >= 0.3 is 5.69 Å². The lowest BCUT2D eigenvalue weighted by molar-refractivity contribution is 0.305. The van der Waals surface area contributed by atoms with Crippen molar-refractivity contribution in [2.24, 2.45) is 0 Å². The van der Waals surface area contributed by atoms with E-state index in [4.69, 9.17) is 4.74 Å². The summed E-state index contributed by atoms with van der Waals surface area (Å²) in [6, 6.07) is 18.3. The van der Waals surface area contributed by atoms with E-state index in [0.29, 0.717) is 18.0 Å². The maximum atomic E-state index is 11.9. The van der Waals surface area contributed by atoms with Crippen LogP contribution in [-0.2, 0) is 6.61 Å². The van der Waals surface area contributed by atoms with Crippen molar-refractivity contribution in [3.05, 3.63) is 93.3 Å². The van der Waals surface area contributed by atoms with Crippen LogP contribution in [0.3, 0.4) is 0 Å². The van der Waals surface area contributed by atoms with Crippen molar-refractivity contribution in [3.63, 3.8) is 0 Å². The van der Waals surface area contributed by atoms with Gasteiger partial charge in [0.25, 0.3) is 5.56 Å². The summed E-state index contributed by atoms with van der Waals surface area (Å²) in [7, 11) is 0. The third kappa shape index (κ3) is 2.98. The van der Waals surface area contributed by atoms with E-state index in [-0.39, 0.29) is 0 Å². The molecular weight excluding hydrogens is 280 g/mol. The highest BCUT2D eigenvalue weighted by Gasteiger charge is 2.07. The van der Waals surface area contributed by atoms with Gasteiger partial charge in [-0.05, 0) is 17.7 Å². The van der Waals surface area contributed by atoms with Crippen LogP contribution in [0.1, 0.15) is 5.56 Å². The van der Waals surface area contributed by atoms with Crippen molar-refractivity contribution >= 4 is 0 Å². The summed E-state index contributed by atoms with van der Waals surface area (Å²) in [4.78, 5) is 25.3. The van der Waals surface area contributed by atoms with Gasteiger partial charge in [-0.3, -0.25) is 14.3 Å². The minimum atomic E-state index is -0.497. The average Bonchev–Trinajstić information content (AvgIpc) is 2.54. The van der Waals surface area contributed by atoms with E-state index in [9.17, 15) is 9.59 Å². The van der Waals surface area contributed by atoms with E-state index < -0.39 is 11.2 Å². The summed E-state index contributed by atoms with van der Waals surface area (Å²) < 4.78 is 7.16. The maximum absolute atomic E-state index is 11.9. The first-order valence-electron chi connectivity index (χ1n) is 6.82. The second-order valence-corrected chi connectivity index (χ2v) is 4.72. The standard InChI is InChI=1S/C17H14N2O3/c20-16-10-11-19(17(21)18-16)14-8-4-5-9-15(14)22-12-13-6-2-1-3-7-13/h1-11H,12H2,(H,18,20,21). The topological polar surface area (TPSA) is 64.1 Å². The zero-order chi connectivity index (χ0) is 15.4. The summed E-state index contributed by atoms with van der Waals surface area (Å²) in [6.45, 7) is 0.399. The van der Waals surface area contributed by atoms with Gasteiger partial charge in [0.05, 0.1) is 5.69 Å². The first kappa shape index (κ1) is 13.9. The third-order valence-electron chi connectivity index (χ3n) is 3.19. The van der Waals surface area contributed by atoms with Crippen LogP contribution in [0.5, 0.6) is 5.75 Å². The van der Waals surface area contributed by atoms with Crippen LogP contribution in [0, 0.1) is 0 Å². The number of hydrogen-bond donors (Lipinski definition) is 1. The normalized spacial score (nSPS) is 10.4. The number of benzene rings is 2. The van der Waals surface area contributed by atoms with Crippen molar-refractivity contribution in [1.29, 1.82) is 0 Å². The minimum Gasteiger partial charge on any atom is -0.487 e. The summed E-state index contributed by atoms with van der Waals surface area (Å²) >= 11 is 0. The Morgan fingerprint density at radius 2 is 1.64 bits per heavy atom. The molecule has 22 heavy (non-hydrogen) atoms. The highest BCUT2D eigenvalue weighted by molar-refractivity contribution is 5.46. The molecule has 0 bridgehead atoms. The molecule has 0 aliphatic heterocycles. The smallest absolute Gasteiger partial charge is 0.333 e. The van der Waals surface area contributed by atoms with E-state index in [1.54, 1.807) is 12.1 Å². The van der Waals surface area contributed by atoms with Gasteiger partial charge in [-0.2, -0.15) is 0 Å². The van der Waals surface area contributed by atoms with Gasteiger partial charge in [-0.15, -0.1) is 0 Å². The van der Waals surface area contributed by atoms with E-state index in [1.807, 2.05) is 42.5 Å². The molecule has 3 rings (SSSR count). The molecule has 0 amide bonds. The Hall–Kier alpha value is -3.08. The summed E-state index contributed by atoms with van der Waals surface area (Å²) in [5, 5.41) is 0. The molecule has 5 heteroatoms. The molecule has 0 saturated heterocycles. The monoisotopic (exact) mass is 294 g/mol. The van der Waals surface area contributed by atoms with Crippen molar-refractivity contribution in [3.8, 4) is 11.4 Å². The molecule has 0 atom stereocenters. The molecule has 0 saturated carbocycles. The Bertz CT molecular complexity index is 882. The average molecular weight is 294 g/mol. The van der Waals surface area contributed by atoms with Gasteiger partial charge < -0.3 is 4.74 Å². The molecule has 1 aromatic heterocycles. The number of aromatic amines is 1. The number of nitrogens with zero attached hydrogens (tertiary/aromatic N) is 1. The first-order valence-corrected chi connectivity index (χ1v) is 6.82. The number of hydrogen-bond acceptors (Lipinski definition) is 3. The van der Waals surface area contributed by atoms with Gasteiger partial charge in [0.1, 0.15) is 12.4 Å². The van der Waals surface area contributed by atoms with E-state index in [1.165, 1.54) is 16.8 Å². The Labute approximate surface area is 126 Å². The molecule has 1 heterocycles. The lowest BCUT2D eigenvalue weighted by atomic mass is 10.2. The SMILES string of the molecule is O=c1ccn(-c2ccccc2OCc2ccccc2)c(=O)[nH]1. The molecule has 0 unspecified atom stereocenters. The number of nitrogens with one attached hydrogen (secondary N) is 1. The van der Waals surface area contributed by atoms with Crippen LogP contribution in [0.2, 0.25) is 0 Å². The van der Waals surface area contributed by atoms with Gasteiger partial charge in [0, 0.05) is 12.3 Å².